The van der Waals surface area contributed by atoms with Crippen molar-refractivity contribution in [1.82, 2.24) is 5.32 Å². The Balaban J connectivity index is 1.86. The zero-order valence-electron chi connectivity index (χ0n) is 9.22. The van der Waals surface area contributed by atoms with E-state index in [1.807, 2.05) is 0 Å². The second-order valence-corrected chi connectivity index (χ2v) is 5.23. The zero-order valence-corrected chi connectivity index (χ0v) is 9.22. The van der Waals surface area contributed by atoms with Crippen LogP contribution in [0.3, 0.4) is 0 Å². The fourth-order valence-corrected chi connectivity index (χ4v) is 3.48. The minimum absolute atomic E-state index is 0.459. The van der Waals surface area contributed by atoms with E-state index in [-0.39, 0.29) is 0 Å². The molecule has 2 unspecified atom stereocenters. The summed E-state index contributed by atoms with van der Waals surface area (Å²) in [5, 5.41) is 3.62. The molecule has 1 heterocycles. The Morgan fingerprint density at radius 1 is 1.13 bits per heavy atom. The minimum atomic E-state index is 0.459. The number of carbonyl (C=O) groups is 1. The number of hydrogen-bond acceptors (Lipinski definition) is 2. The van der Waals surface area contributed by atoms with Crippen LogP contribution < -0.4 is 5.32 Å². The van der Waals surface area contributed by atoms with Crippen LogP contribution >= 0.6 is 0 Å². The van der Waals surface area contributed by atoms with Crippen LogP contribution in [-0.2, 0) is 4.79 Å². The van der Waals surface area contributed by atoms with Gasteiger partial charge in [-0.05, 0) is 56.6 Å². The third-order valence-corrected chi connectivity index (χ3v) is 4.31. The third kappa shape index (κ3) is 1.65. The molecule has 0 radical (unpaired) electrons. The van der Waals surface area contributed by atoms with Gasteiger partial charge in [0.15, 0.2) is 5.78 Å². The van der Waals surface area contributed by atoms with E-state index in [0.29, 0.717) is 11.8 Å². The smallest absolute Gasteiger partial charge is 0.158 e. The lowest BCUT2D eigenvalue weighted by Gasteiger charge is -2.39. The summed E-state index contributed by atoms with van der Waals surface area (Å²) >= 11 is 0. The molecule has 0 bridgehead atoms. The average molecular weight is 205 g/mol. The van der Waals surface area contributed by atoms with Crippen LogP contribution in [0.4, 0.5) is 0 Å². The molecule has 0 aromatic rings. The van der Waals surface area contributed by atoms with Crippen LogP contribution in [-0.4, -0.2) is 18.4 Å². The van der Waals surface area contributed by atoms with Crippen molar-refractivity contribution in [3.63, 3.8) is 0 Å². The number of allylic oxidation sites excluding steroid dienone is 1. The van der Waals surface area contributed by atoms with E-state index in [4.69, 9.17) is 0 Å². The van der Waals surface area contributed by atoms with Crippen molar-refractivity contribution in [2.45, 2.75) is 51.0 Å². The second-order valence-electron chi connectivity index (χ2n) is 5.23. The van der Waals surface area contributed by atoms with Gasteiger partial charge < -0.3 is 5.32 Å². The molecule has 0 aromatic heterocycles. The first-order chi connectivity index (χ1) is 7.34. The molecule has 15 heavy (non-hydrogen) atoms. The molecule has 2 nitrogen and oxygen atoms in total. The van der Waals surface area contributed by atoms with Gasteiger partial charge in [0.25, 0.3) is 0 Å². The van der Waals surface area contributed by atoms with Gasteiger partial charge in [0.05, 0.1) is 0 Å². The first-order valence-electron chi connectivity index (χ1n) is 6.32. The van der Waals surface area contributed by atoms with Gasteiger partial charge in [0.2, 0.25) is 0 Å². The molecule has 2 atom stereocenters. The van der Waals surface area contributed by atoms with Crippen molar-refractivity contribution in [2.24, 2.45) is 5.92 Å². The predicted molar refractivity (Wildman–Crippen MR) is 59.6 cm³/mol. The molecule has 1 aliphatic heterocycles. The van der Waals surface area contributed by atoms with Crippen molar-refractivity contribution >= 4 is 5.78 Å². The van der Waals surface area contributed by atoms with E-state index in [9.17, 15) is 4.79 Å². The standard InChI is InChI=1S/C13H19NO/c15-13-5-1-3-9-8-12-10(7-11(9)13)4-2-6-14-12/h10,12,14H,1-8H2. The number of fused-ring (bicyclic) bond motifs is 1. The molecule has 3 rings (SSSR count). The van der Waals surface area contributed by atoms with E-state index in [0.717, 1.165) is 31.6 Å². The molecule has 0 spiro atoms. The molecule has 1 N–H and O–H groups in total. The van der Waals surface area contributed by atoms with Gasteiger partial charge in [-0.3, -0.25) is 4.79 Å². The Morgan fingerprint density at radius 3 is 3.00 bits per heavy atom. The Labute approximate surface area is 91.1 Å². The van der Waals surface area contributed by atoms with Crippen molar-refractivity contribution in [1.29, 1.82) is 0 Å². The summed E-state index contributed by atoms with van der Waals surface area (Å²) in [5.41, 5.74) is 2.72. The fourth-order valence-electron chi connectivity index (χ4n) is 3.48. The first-order valence-corrected chi connectivity index (χ1v) is 6.32. The highest BCUT2D eigenvalue weighted by atomic mass is 16.1. The molecule has 0 saturated carbocycles. The number of Topliss-reactive ketones (excluding diaryl/α,β-unsaturated/α-hetero) is 1. The second kappa shape index (κ2) is 3.75. The lowest BCUT2D eigenvalue weighted by molar-refractivity contribution is -0.116. The fraction of sp³-hybridized carbons (Fsp3) is 0.769. The molecular formula is C13H19NO. The number of piperidine rings is 1. The molecule has 2 aliphatic carbocycles. The summed E-state index contributed by atoms with van der Waals surface area (Å²) in [6.45, 7) is 1.18. The van der Waals surface area contributed by atoms with Crippen LogP contribution in [0.25, 0.3) is 0 Å². The Bertz CT molecular complexity index is 318. The van der Waals surface area contributed by atoms with Crippen LogP contribution in [0.15, 0.2) is 11.1 Å². The van der Waals surface area contributed by atoms with Crippen molar-refractivity contribution < 1.29 is 4.79 Å². The van der Waals surface area contributed by atoms with Crippen molar-refractivity contribution in [3.8, 4) is 0 Å². The SMILES string of the molecule is O=C1CCCC2=C1CC1CCCNC1C2. The van der Waals surface area contributed by atoms with Gasteiger partial charge in [-0.15, -0.1) is 0 Å². The normalized spacial score (nSPS) is 36.1. The summed E-state index contributed by atoms with van der Waals surface area (Å²) in [7, 11) is 0. The maximum atomic E-state index is 11.8. The average Bonchev–Trinajstić information content (AvgIpc) is 2.27. The lowest BCUT2D eigenvalue weighted by Crippen LogP contribution is -2.44. The molecule has 0 amide bonds. The number of nitrogens with one attached hydrogen (secondary N) is 1. The van der Waals surface area contributed by atoms with Gasteiger partial charge in [-0.2, -0.15) is 0 Å². The maximum absolute atomic E-state index is 11.8. The molecule has 0 aromatic carbocycles. The van der Waals surface area contributed by atoms with Crippen LogP contribution in [0.1, 0.15) is 44.9 Å². The van der Waals surface area contributed by atoms with Crippen LogP contribution in [0, 0.1) is 5.92 Å². The highest BCUT2D eigenvalue weighted by Gasteiger charge is 2.34. The maximum Gasteiger partial charge on any atom is 0.158 e. The van der Waals surface area contributed by atoms with E-state index in [2.05, 4.69) is 5.32 Å². The predicted octanol–water partition coefficient (Wildman–Crippen LogP) is 2.20. The number of ketones is 1. The lowest BCUT2D eigenvalue weighted by atomic mass is 9.72. The van der Waals surface area contributed by atoms with Gasteiger partial charge >= 0.3 is 0 Å². The molecule has 1 fully saturated rings. The van der Waals surface area contributed by atoms with Crippen LogP contribution in [0.2, 0.25) is 0 Å². The first kappa shape index (κ1) is 9.59. The van der Waals surface area contributed by atoms with Crippen LogP contribution in [0.5, 0.6) is 0 Å². The van der Waals surface area contributed by atoms with Gasteiger partial charge in [-0.25, -0.2) is 0 Å². The largest absolute Gasteiger partial charge is 0.313 e. The molecular weight excluding hydrogens is 186 g/mol. The van der Waals surface area contributed by atoms with Crippen molar-refractivity contribution in [3.05, 3.63) is 11.1 Å². The van der Waals surface area contributed by atoms with Gasteiger partial charge in [-0.1, -0.05) is 5.57 Å². The molecule has 3 aliphatic rings. The highest BCUT2D eigenvalue weighted by Crippen LogP contribution is 2.39. The monoisotopic (exact) mass is 205 g/mol. The van der Waals surface area contributed by atoms with Gasteiger partial charge in [0.1, 0.15) is 0 Å². The minimum Gasteiger partial charge on any atom is -0.313 e. The van der Waals surface area contributed by atoms with Gasteiger partial charge in [0, 0.05) is 12.5 Å². The summed E-state index contributed by atoms with van der Waals surface area (Å²) < 4.78 is 0. The Morgan fingerprint density at radius 2 is 2.07 bits per heavy atom. The molecule has 2 heteroatoms. The van der Waals surface area contributed by atoms with E-state index in [1.54, 1.807) is 0 Å². The van der Waals surface area contributed by atoms with Crippen molar-refractivity contribution in [2.75, 3.05) is 6.54 Å². The summed E-state index contributed by atoms with van der Waals surface area (Å²) in [6, 6.07) is 0.684. The van der Waals surface area contributed by atoms with E-state index in [1.165, 1.54) is 37.0 Å². The summed E-state index contributed by atoms with van der Waals surface area (Å²) in [5.74, 6) is 1.21. The number of hydrogen-bond donors (Lipinski definition) is 1. The highest BCUT2D eigenvalue weighted by molar-refractivity contribution is 5.97. The summed E-state index contributed by atoms with van der Waals surface area (Å²) in [6.07, 6.45) is 7.93. The van der Waals surface area contributed by atoms with E-state index >= 15 is 0 Å². The topological polar surface area (TPSA) is 29.1 Å². The molecule has 1 saturated heterocycles. The number of rotatable bonds is 0. The Kier molecular flexibility index (Phi) is 2.39. The Hall–Kier alpha value is -0.630. The number of carbonyl (C=O) groups excluding carboxylic acids is 1. The molecule has 82 valence electrons. The van der Waals surface area contributed by atoms with E-state index < -0.39 is 0 Å². The zero-order chi connectivity index (χ0) is 10.3. The summed E-state index contributed by atoms with van der Waals surface area (Å²) in [4.78, 5) is 11.8. The third-order valence-electron chi connectivity index (χ3n) is 4.31. The quantitative estimate of drug-likeness (QED) is 0.657.